The molecule has 0 saturated heterocycles. The van der Waals surface area contributed by atoms with E-state index in [1.54, 1.807) is 0 Å². The minimum absolute atomic E-state index is 0.0317. The summed E-state index contributed by atoms with van der Waals surface area (Å²) in [5, 5.41) is 5.66. The summed E-state index contributed by atoms with van der Waals surface area (Å²) in [7, 11) is 3.89. The van der Waals surface area contributed by atoms with Crippen molar-refractivity contribution in [2.24, 2.45) is 0 Å². The zero-order valence-electron chi connectivity index (χ0n) is 17.9. The first kappa shape index (κ1) is 21.6. The second-order valence-corrected chi connectivity index (χ2v) is 8.16. The number of amides is 3. The van der Waals surface area contributed by atoms with Crippen LogP contribution in [0.2, 0.25) is 0 Å². The van der Waals surface area contributed by atoms with Crippen molar-refractivity contribution in [3.63, 3.8) is 0 Å². The van der Waals surface area contributed by atoms with Gasteiger partial charge < -0.3 is 20.4 Å². The highest BCUT2D eigenvalue weighted by Gasteiger charge is 2.33. The summed E-state index contributed by atoms with van der Waals surface area (Å²) >= 11 is 0. The number of hydrogen-bond acceptors (Lipinski definition) is 3. The number of nitrogens with one attached hydrogen (secondary N) is 2. The highest BCUT2D eigenvalue weighted by molar-refractivity contribution is 5.95. The van der Waals surface area contributed by atoms with Crippen LogP contribution in [0.5, 0.6) is 0 Å². The summed E-state index contributed by atoms with van der Waals surface area (Å²) in [6.45, 7) is 4.21. The summed E-state index contributed by atoms with van der Waals surface area (Å²) in [4.78, 5) is 29.0. The lowest BCUT2D eigenvalue weighted by molar-refractivity contribution is 0.0730. The topological polar surface area (TPSA) is 64.7 Å². The molecule has 30 heavy (non-hydrogen) atoms. The molecule has 0 spiro atoms. The minimum atomic E-state index is -0.363. The fourth-order valence-corrected chi connectivity index (χ4v) is 3.35. The minimum Gasteiger partial charge on any atom is -0.377 e. The summed E-state index contributed by atoms with van der Waals surface area (Å²) in [5.41, 5.74) is 3.05. The van der Waals surface area contributed by atoms with E-state index in [4.69, 9.17) is 0 Å². The Labute approximate surface area is 177 Å². The predicted molar refractivity (Wildman–Crippen MR) is 117 cm³/mol. The second-order valence-electron chi connectivity index (χ2n) is 8.16. The van der Waals surface area contributed by atoms with Crippen LogP contribution in [0.1, 0.15) is 42.6 Å². The van der Waals surface area contributed by atoms with Gasteiger partial charge >= 0.3 is 6.03 Å². The molecule has 2 aromatic carbocycles. The summed E-state index contributed by atoms with van der Waals surface area (Å²) in [6.07, 6.45) is 1.91. The molecule has 0 radical (unpaired) electrons. The normalized spacial score (nSPS) is 13.1. The Morgan fingerprint density at radius 1 is 1.10 bits per heavy atom. The zero-order valence-corrected chi connectivity index (χ0v) is 17.9. The van der Waals surface area contributed by atoms with Gasteiger partial charge in [0.1, 0.15) is 5.82 Å². The van der Waals surface area contributed by atoms with Crippen molar-refractivity contribution in [1.82, 2.24) is 10.2 Å². The van der Waals surface area contributed by atoms with Crippen molar-refractivity contribution in [2.45, 2.75) is 45.3 Å². The quantitative estimate of drug-likeness (QED) is 0.715. The van der Waals surface area contributed by atoms with Gasteiger partial charge in [-0.25, -0.2) is 9.18 Å². The third kappa shape index (κ3) is 5.49. The largest absolute Gasteiger partial charge is 0.377 e. The van der Waals surface area contributed by atoms with Crippen LogP contribution >= 0.6 is 0 Å². The Hall–Kier alpha value is -3.09. The van der Waals surface area contributed by atoms with E-state index in [1.165, 1.54) is 24.3 Å². The lowest BCUT2D eigenvalue weighted by Gasteiger charge is -2.26. The van der Waals surface area contributed by atoms with E-state index in [1.807, 2.05) is 55.9 Å². The van der Waals surface area contributed by atoms with Crippen molar-refractivity contribution in [1.29, 1.82) is 0 Å². The summed E-state index contributed by atoms with van der Waals surface area (Å²) in [6, 6.07) is 11.3. The number of nitrogens with zero attached hydrogens (tertiary/aromatic N) is 2. The van der Waals surface area contributed by atoms with Crippen LogP contribution < -0.4 is 15.5 Å². The summed E-state index contributed by atoms with van der Waals surface area (Å²) < 4.78 is 13.3. The maximum atomic E-state index is 13.3. The van der Waals surface area contributed by atoms with Crippen LogP contribution in [0, 0.1) is 5.82 Å². The van der Waals surface area contributed by atoms with E-state index < -0.39 is 0 Å². The Morgan fingerprint density at radius 3 is 2.33 bits per heavy atom. The molecule has 7 heteroatoms. The highest BCUT2D eigenvalue weighted by Crippen LogP contribution is 2.32. The van der Waals surface area contributed by atoms with E-state index in [-0.39, 0.29) is 29.8 Å². The molecule has 0 heterocycles. The predicted octanol–water partition coefficient (Wildman–Crippen LogP) is 4.23. The first-order valence-corrected chi connectivity index (χ1v) is 10.2. The Bertz CT molecular complexity index is 908. The maximum absolute atomic E-state index is 13.3. The third-order valence-corrected chi connectivity index (χ3v) is 4.92. The molecule has 6 nitrogen and oxygen atoms in total. The van der Waals surface area contributed by atoms with Gasteiger partial charge in [0, 0.05) is 49.7 Å². The van der Waals surface area contributed by atoms with Crippen molar-refractivity contribution in [3.05, 3.63) is 59.4 Å². The van der Waals surface area contributed by atoms with Crippen molar-refractivity contribution in [3.8, 4) is 0 Å². The molecule has 1 saturated carbocycles. The van der Waals surface area contributed by atoms with E-state index in [9.17, 15) is 14.0 Å². The van der Waals surface area contributed by atoms with Gasteiger partial charge in [0.25, 0.3) is 5.91 Å². The molecule has 1 aliphatic rings. The number of halogens is 1. The average Bonchev–Trinajstić information content (AvgIpc) is 3.50. The number of carbonyl (C=O) groups excluding carboxylic acids is 2. The van der Waals surface area contributed by atoms with E-state index >= 15 is 0 Å². The number of benzene rings is 2. The van der Waals surface area contributed by atoms with Gasteiger partial charge in [-0.2, -0.15) is 0 Å². The first-order valence-electron chi connectivity index (χ1n) is 10.2. The van der Waals surface area contributed by atoms with Crippen LogP contribution in [-0.4, -0.2) is 43.0 Å². The SMILES string of the molecule is CC(C)NC(=O)Nc1ccc(N(C)C)c(CN(C(=O)c2ccc(F)cc2)C2CC2)c1. The lowest BCUT2D eigenvalue weighted by Crippen LogP contribution is -2.34. The molecule has 3 amide bonds. The van der Waals surface area contributed by atoms with Gasteiger partial charge in [-0.1, -0.05) is 0 Å². The van der Waals surface area contributed by atoms with Crippen molar-refractivity contribution in [2.75, 3.05) is 24.3 Å². The molecule has 1 aliphatic carbocycles. The van der Waals surface area contributed by atoms with Gasteiger partial charge in [0.05, 0.1) is 0 Å². The Morgan fingerprint density at radius 2 is 1.77 bits per heavy atom. The number of rotatable bonds is 7. The molecular weight excluding hydrogens is 383 g/mol. The van der Waals surface area contributed by atoms with Crippen LogP contribution in [0.15, 0.2) is 42.5 Å². The fraction of sp³-hybridized carbons (Fsp3) is 0.391. The molecule has 3 rings (SSSR count). The zero-order chi connectivity index (χ0) is 21.8. The Kier molecular flexibility index (Phi) is 6.59. The number of urea groups is 1. The molecule has 1 fully saturated rings. The molecule has 0 aromatic heterocycles. The van der Waals surface area contributed by atoms with Crippen LogP contribution in [0.25, 0.3) is 0 Å². The molecule has 2 N–H and O–H groups in total. The molecule has 0 aliphatic heterocycles. The van der Waals surface area contributed by atoms with Gasteiger partial charge in [0.15, 0.2) is 0 Å². The standard InChI is InChI=1S/C23H29FN4O2/c1-15(2)25-23(30)26-19-9-12-21(27(3)4)17(13-19)14-28(20-10-11-20)22(29)16-5-7-18(24)8-6-16/h5-9,12-13,15,20H,10-11,14H2,1-4H3,(H2,25,26,30). The highest BCUT2D eigenvalue weighted by atomic mass is 19.1. The molecule has 160 valence electrons. The second kappa shape index (κ2) is 9.15. The monoisotopic (exact) mass is 412 g/mol. The smallest absolute Gasteiger partial charge is 0.319 e. The number of hydrogen-bond donors (Lipinski definition) is 2. The van der Waals surface area contributed by atoms with Gasteiger partial charge in [-0.3, -0.25) is 4.79 Å². The van der Waals surface area contributed by atoms with Gasteiger partial charge in [-0.15, -0.1) is 0 Å². The van der Waals surface area contributed by atoms with Crippen molar-refractivity contribution >= 4 is 23.3 Å². The van der Waals surface area contributed by atoms with E-state index in [0.717, 1.165) is 24.1 Å². The Balaban J connectivity index is 1.85. The van der Waals surface area contributed by atoms with Crippen LogP contribution in [0.4, 0.5) is 20.6 Å². The van der Waals surface area contributed by atoms with Crippen LogP contribution in [0.3, 0.4) is 0 Å². The molecule has 0 atom stereocenters. The van der Waals surface area contributed by atoms with Crippen LogP contribution in [-0.2, 0) is 6.54 Å². The molecule has 0 unspecified atom stereocenters. The van der Waals surface area contributed by atoms with Crippen molar-refractivity contribution < 1.29 is 14.0 Å². The fourth-order valence-electron chi connectivity index (χ4n) is 3.35. The van der Waals surface area contributed by atoms with E-state index in [2.05, 4.69) is 10.6 Å². The summed E-state index contributed by atoms with van der Waals surface area (Å²) in [5.74, 6) is -0.476. The average molecular weight is 413 g/mol. The lowest BCUT2D eigenvalue weighted by atomic mass is 10.1. The van der Waals surface area contributed by atoms with Gasteiger partial charge in [-0.05, 0) is 74.7 Å². The maximum Gasteiger partial charge on any atom is 0.319 e. The first-order chi connectivity index (χ1) is 14.2. The molecular formula is C23H29FN4O2. The number of anilines is 2. The molecule has 0 bridgehead atoms. The molecule has 2 aromatic rings. The third-order valence-electron chi connectivity index (χ3n) is 4.92. The van der Waals surface area contributed by atoms with E-state index in [0.29, 0.717) is 17.8 Å². The number of carbonyl (C=O) groups is 2. The van der Waals surface area contributed by atoms with Gasteiger partial charge in [0.2, 0.25) is 0 Å².